The normalized spacial score (nSPS) is 21.2. The van der Waals surface area contributed by atoms with E-state index >= 15 is 0 Å². The van der Waals surface area contributed by atoms with Gasteiger partial charge in [0.2, 0.25) is 5.91 Å². The van der Waals surface area contributed by atoms with Crippen molar-refractivity contribution in [1.29, 1.82) is 0 Å². The van der Waals surface area contributed by atoms with Crippen molar-refractivity contribution in [2.75, 3.05) is 26.7 Å². The first kappa shape index (κ1) is 18.8. The van der Waals surface area contributed by atoms with E-state index in [2.05, 4.69) is 55.7 Å². The summed E-state index contributed by atoms with van der Waals surface area (Å²) in [6.45, 7) is 10.3. The van der Waals surface area contributed by atoms with Crippen molar-refractivity contribution in [2.24, 2.45) is 0 Å². The molecule has 4 nitrogen and oxygen atoms in total. The van der Waals surface area contributed by atoms with Crippen molar-refractivity contribution in [1.82, 2.24) is 9.80 Å². The van der Waals surface area contributed by atoms with Crippen LogP contribution in [0.2, 0.25) is 0 Å². The second kappa shape index (κ2) is 8.52. The minimum atomic E-state index is 0.239. The summed E-state index contributed by atoms with van der Waals surface area (Å²) in [5, 5.41) is 0. The fourth-order valence-corrected chi connectivity index (χ4v) is 3.64. The Labute approximate surface area is 146 Å². The molecule has 0 saturated carbocycles. The number of ether oxygens (including phenoxy) is 1. The lowest BCUT2D eigenvalue weighted by atomic mass is 9.97. The van der Waals surface area contributed by atoms with Crippen LogP contribution in [0.5, 0.6) is 5.75 Å². The lowest BCUT2D eigenvalue weighted by Gasteiger charge is -2.39. The molecule has 0 aromatic heterocycles. The van der Waals surface area contributed by atoms with Gasteiger partial charge in [-0.1, -0.05) is 6.07 Å². The summed E-state index contributed by atoms with van der Waals surface area (Å²) in [7, 11) is 1.99. The average molecular weight is 332 g/mol. The van der Waals surface area contributed by atoms with Crippen LogP contribution in [0.1, 0.15) is 44.2 Å². The zero-order valence-corrected chi connectivity index (χ0v) is 15.8. The maximum absolute atomic E-state index is 12.6. The van der Waals surface area contributed by atoms with Crippen LogP contribution in [-0.4, -0.2) is 54.5 Å². The van der Waals surface area contributed by atoms with E-state index in [4.69, 9.17) is 4.74 Å². The number of rotatable bonds is 6. The highest BCUT2D eigenvalue weighted by Gasteiger charge is 2.29. The molecular weight excluding hydrogens is 300 g/mol. The molecule has 1 heterocycles. The van der Waals surface area contributed by atoms with E-state index in [9.17, 15) is 4.79 Å². The summed E-state index contributed by atoms with van der Waals surface area (Å²) in [6.07, 6.45) is 3.47. The van der Waals surface area contributed by atoms with E-state index < -0.39 is 0 Å². The molecule has 1 aromatic rings. The highest BCUT2D eigenvalue weighted by molar-refractivity contribution is 5.79. The molecular formula is C20H32N2O2. The van der Waals surface area contributed by atoms with Gasteiger partial charge in [-0.3, -0.25) is 9.69 Å². The number of likely N-dealkylation sites (N-methyl/N-ethyl adjacent to an activating group) is 1. The number of hydrogen-bond donors (Lipinski definition) is 0. The van der Waals surface area contributed by atoms with Crippen molar-refractivity contribution in [3.63, 3.8) is 0 Å². The molecule has 2 rings (SSSR count). The van der Waals surface area contributed by atoms with E-state index in [1.807, 2.05) is 7.05 Å². The van der Waals surface area contributed by atoms with Crippen molar-refractivity contribution < 1.29 is 9.53 Å². The Morgan fingerprint density at radius 3 is 2.33 bits per heavy atom. The number of hydrogen-bond acceptors (Lipinski definition) is 3. The molecule has 1 fully saturated rings. The number of benzene rings is 1. The van der Waals surface area contributed by atoms with E-state index in [1.54, 1.807) is 0 Å². The van der Waals surface area contributed by atoms with Crippen molar-refractivity contribution >= 4 is 5.91 Å². The monoisotopic (exact) mass is 332 g/mol. The predicted octanol–water partition coefficient (Wildman–Crippen LogP) is 3.40. The van der Waals surface area contributed by atoms with E-state index in [1.165, 1.54) is 17.5 Å². The molecule has 0 N–H and O–H groups in total. The Bertz CT molecular complexity index is 528. The Hall–Kier alpha value is -1.55. The van der Waals surface area contributed by atoms with Crippen molar-refractivity contribution in [3.8, 4) is 5.75 Å². The number of aryl methyl sites for hydroxylation is 2. The smallest absolute Gasteiger partial charge is 0.237 e. The third-order valence-corrected chi connectivity index (χ3v) is 4.82. The van der Waals surface area contributed by atoms with Crippen LogP contribution in [0, 0.1) is 13.8 Å². The molecule has 0 bridgehead atoms. The molecule has 1 saturated heterocycles. The highest BCUT2D eigenvalue weighted by atomic mass is 16.5. The van der Waals surface area contributed by atoms with E-state index in [0.717, 1.165) is 25.1 Å². The van der Waals surface area contributed by atoms with Crippen molar-refractivity contribution in [2.45, 2.75) is 59.0 Å². The Balaban J connectivity index is 1.78. The first-order valence-electron chi connectivity index (χ1n) is 9.07. The fourth-order valence-electron chi connectivity index (χ4n) is 3.64. The lowest BCUT2D eigenvalue weighted by molar-refractivity contribution is -0.138. The zero-order valence-electron chi connectivity index (χ0n) is 15.8. The average Bonchev–Trinajstić information content (AvgIpc) is 2.45. The number of amides is 1. The van der Waals surface area contributed by atoms with Gasteiger partial charge in [0.05, 0.1) is 6.54 Å². The maximum atomic E-state index is 12.6. The summed E-state index contributed by atoms with van der Waals surface area (Å²) >= 11 is 0. The Kier molecular flexibility index (Phi) is 6.67. The predicted molar refractivity (Wildman–Crippen MR) is 98.5 cm³/mol. The SMILES string of the molecule is Cc1cc(C)cc(OCCN(C)CC(=O)N2C(C)CCCC2C)c1. The van der Waals surface area contributed by atoms with Crippen molar-refractivity contribution in [3.05, 3.63) is 29.3 Å². The molecule has 2 unspecified atom stereocenters. The van der Waals surface area contributed by atoms with Gasteiger partial charge >= 0.3 is 0 Å². The Morgan fingerprint density at radius 1 is 1.17 bits per heavy atom. The first-order chi connectivity index (χ1) is 11.4. The fraction of sp³-hybridized carbons (Fsp3) is 0.650. The number of piperidine rings is 1. The molecule has 2 atom stereocenters. The third kappa shape index (κ3) is 5.23. The topological polar surface area (TPSA) is 32.8 Å². The molecule has 1 aromatic carbocycles. The van der Waals surface area contributed by atoms with E-state index in [-0.39, 0.29) is 5.91 Å². The van der Waals surface area contributed by atoms with Gasteiger partial charge in [-0.2, -0.15) is 0 Å². The summed E-state index contributed by atoms with van der Waals surface area (Å²) < 4.78 is 5.84. The van der Waals surface area contributed by atoms with Crippen LogP contribution in [0.15, 0.2) is 18.2 Å². The minimum Gasteiger partial charge on any atom is -0.492 e. The van der Waals surface area contributed by atoms with Crippen LogP contribution in [0.25, 0.3) is 0 Å². The molecule has 24 heavy (non-hydrogen) atoms. The zero-order chi connectivity index (χ0) is 17.7. The molecule has 134 valence electrons. The molecule has 1 aliphatic heterocycles. The van der Waals surface area contributed by atoms with Gasteiger partial charge in [-0.15, -0.1) is 0 Å². The molecule has 0 spiro atoms. The minimum absolute atomic E-state index is 0.239. The highest BCUT2D eigenvalue weighted by Crippen LogP contribution is 2.22. The lowest BCUT2D eigenvalue weighted by Crippen LogP contribution is -2.50. The molecule has 0 aliphatic carbocycles. The van der Waals surface area contributed by atoms with E-state index in [0.29, 0.717) is 25.2 Å². The van der Waals surface area contributed by atoms with Crippen LogP contribution in [0.3, 0.4) is 0 Å². The largest absolute Gasteiger partial charge is 0.492 e. The van der Waals surface area contributed by atoms with Gasteiger partial charge in [0, 0.05) is 18.6 Å². The second-order valence-corrected chi connectivity index (χ2v) is 7.34. The Morgan fingerprint density at radius 2 is 1.75 bits per heavy atom. The van der Waals surface area contributed by atoms with Gasteiger partial charge < -0.3 is 9.64 Å². The molecule has 1 amide bonds. The van der Waals surface area contributed by atoms with Gasteiger partial charge in [0.15, 0.2) is 0 Å². The van der Waals surface area contributed by atoms with Crippen LogP contribution >= 0.6 is 0 Å². The first-order valence-corrected chi connectivity index (χ1v) is 9.07. The summed E-state index contributed by atoms with van der Waals surface area (Å²) in [6, 6.07) is 6.96. The van der Waals surface area contributed by atoms with Gasteiger partial charge in [-0.05, 0) is 77.3 Å². The molecule has 1 aliphatic rings. The van der Waals surface area contributed by atoms with Crippen LogP contribution in [0.4, 0.5) is 0 Å². The number of likely N-dealkylation sites (tertiary alicyclic amines) is 1. The van der Waals surface area contributed by atoms with Crippen LogP contribution in [-0.2, 0) is 4.79 Å². The number of carbonyl (C=O) groups excluding carboxylic acids is 1. The standard InChI is InChI=1S/C20H32N2O2/c1-15-11-16(2)13-19(12-15)24-10-9-21(5)14-20(23)22-17(3)7-6-8-18(22)4/h11-13,17-18H,6-10,14H2,1-5H3. The van der Waals surface area contributed by atoms with Gasteiger partial charge in [0.25, 0.3) is 0 Å². The quantitative estimate of drug-likeness (QED) is 0.800. The number of carbonyl (C=O) groups is 1. The number of nitrogens with zero attached hydrogens (tertiary/aromatic N) is 2. The summed E-state index contributed by atoms with van der Waals surface area (Å²) in [5.74, 6) is 1.15. The van der Waals surface area contributed by atoms with Crippen LogP contribution < -0.4 is 4.74 Å². The van der Waals surface area contributed by atoms with Gasteiger partial charge in [-0.25, -0.2) is 0 Å². The van der Waals surface area contributed by atoms with Gasteiger partial charge in [0.1, 0.15) is 12.4 Å². The second-order valence-electron chi connectivity index (χ2n) is 7.34. The third-order valence-electron chi connectivity index (χ3n) is 4.82. The summed E-state index contributed by atoms with van der Waals surface area (Å²) in [4.78, 5) is 16.7. The molecule has 4 heteroatoms. The molecule has 0 radical (unpaired) electrons. The maximum Gasteiger partial charge on any atom is 0.237 e. The summed E-state index contributed by atoms with van der Waals surface area (Å²) in [5.41, 5.74) is 2.42.